The van der Waals surface area contributed by atoms with Crippen molar-refractivity contribution in [2.24, 2.45) is 5.92 Å². The number of amides is 2. The Morgan fingerprint density at radius 1 is 1.35 bits per heavy atom. The van der Waals surface area contributed by atoms with Crippen molar-refractivity contribution >= 4 is 27.9 Å². The lowest BCUT2D eigenvalue weighted by atomic mass is 9.99. The van der Waals surface area contributed by atoms with E-state index in [1.54, 1.807) is 6.92 Å². The van der Waals surface area contributed by atoms with Crippen LogP contribution in [0.3, 0.4) is 0 Å². The van der Waals surface area contributed by atoms with E-state index in [9.17, 15) is 9.59 Å². The number of hydrogen-bond donors (Lipinski definition) is 3. The van der Waals surface area contributed by atoms with Crippen LogP contribution in [0.5, 0.6) is 0 Å². The topological polar surface area (TPSA) is 78.4 Å². The fraction of sp³-hybridized carbons (Fsp3) is 0.429. The number of rotatable bonds is 6. The summed E-state index contributed by atoms with van der Waals surface area (Å²) < 4.78 is 0.900. The lowest BCUT2D eigenvalue weighted by Gasteiger charge is -2.20. The van der Waals surface area contributed by atoms with Crippen LogP contribution in [0.15, 0.2) is 28.7 Å². The van der Waals surface area contributed by atoms with Crippen molar-refractivity contribution in [3.05, 3.63) is 34.3 Å². The van der Waals surface area contributed by atoms with Gasteiger partial charge in [0.25, 0.3) is 0 Å². The molecule has 0 saturated heterocycles. The molecule has 0 fully saturated rings. The summed E-state index contributed by atoms with van der Waals surface area (Å²) in [7, 11) is 0. The molecule has 1 aromatic rings. The van der Waals surface area contributed by atoms with E-state index < -0.39 is 18.0 Å². The Hall–Kier alpha value is -1.56. The molecular formula is C14H19BrN2O3. The van der Waals surface area contributed by atoms with Gasteiger partial charge in [0.05, 0.1) is 0 Å². The minimum absolute atomic E-state index is 0.123. The van der Waals surface area contributed by atoms with Crippen LogP contribution in [0.25, 0.3) is 0 Å². The van der Waals surface area contributed by atoms with Crippen molar-refractivity contribution in [3.8, 4) is 0 Å². The number of urea groups is 1. The number of carboxylic acid groups (broad SMARTS) is 1. The maximum atomic E-state index is 11.8. The minimum Gasteiger partial charge on any atom is -0.480 e. The first kappa shape index (κ1) is 16.5. The van der Waals surface area contributed by atoms with Gasteiger partial charge >= 0.3 is 12.0 Å². The highest BCUT2D eigenvalue weighted by atomic mass is 79.9. The Morgan fingerprint density at radius 2 is 2.00 bits per heavy atom. The highest BCUT2D eigenvalue weighted by Gasteiger charge is 2.25. The highest BCUT2D eigenvalue weighted by molar-refractivity contribution is 9.10. The molecule has 0 aliphatic heterocycles. The predicted octanol–water partition coefficient (Wildman–Crippen LogP) is 2.75. The fourth-order valence-electron chi connectivity index (χ4n) is 1.69. The summed E-state index contributed by atoms with van der Waals surface area (Å²) in [5.74, 6) is -1.14. The average molecular weight is 343 g/mol. The van der Waals surface area contributed by atoms with Gasteiger partial charge in [0, 0.05) is 11.0 Å². The molecule has 0 saturated carbocycles. The average Bonchev–Trinajstić information content (AvgIpc) is 2.42. The molecule has 1 rings (SSSR count). The molecule has 3 N–H and O–H groups in total. The molecule has 5 nitrogen and oxygen atoms in total. The Kier molecular flexibility index (Phi) is 6.51. The summed E-state index contributed by atoms with van der Waals surface area (Å²) in [6.45, 7) is 4.02. The Balaban J connectivity index is 2.55. The van der Waals surface area contributed by atoms with Crippen LogP contribution in [0, 0.1) is 5.92 Å². The van der Waals surface area contributed by atoms with Crippen molar-refractivity contribution in [1.82, 2.24) is 10.6 Å². The van der Waals surface area contributed by atoms with Crippen molar-refractivity contribution in [2.75, 3.05) is 0 Å². The minimum atomic E-state index is -1.02. The molecule has 1 aromatic carbocycles. The zero-order valence-electron chi connectivity index (χ0n) is 11.5. The van der Waals surface area contributed by atoms with E-state index in [2.05, 4.69) is 26.6 Å². The molecule has 20 heavy (non-hydrogen) atoms. The number of benzene rings is 1. The van der Waals surface area contributed by atoms with Gasteiger partial charge in [-0.05, 0) is 17.5 Å². The van der Waals surface area contributed by atoms with E-state index in [4.69, 9.17) is 5.11 Å². The molecule has 2 amide bonds. The SMILES string of the molecule is CC[C@H](C)[C@H](NC(=O)NCc1ccccc1Br)C(=O)O. The van der Waals surface area contributed by atoms with Crippen LogP contribution in [0.1, 0.15) is 25.8 Å². The fourth-order valence-corrected chi connectivity index (χ4v) is 2.12. The lowest BCUT2D eigenvalue weighted by Crippen LogP contribution is -2.48. The molecule has 110 valence electrons. The maximum Gasteiger partial charge on any atom is 0.326 e. The second-order valence-electron chi connectivity index (χ2n) is 4.62. The Labute approximate surface area is 126 Å². The number of nitrogens with one attached hydrogen (secondary N) is 2. The first-order valence-electron chi connectivity index (χ1n) is 6.46. The summed E-state index contributed by atoms with van der Waals surface area (Å²) in [6, 6.07) is 6.17. The molecule has 0 radical (unpaired) electrons. The zero-order valence-corrected chi connectivity index (χ0v) is 13.1. The van der Waals surface area contributed by atoms with Gasteiger partial charge in [-0.2, -0.15) is 0 Å². The molecule has 0 aromatic heterocycles. The Morgan fingerprint density at radius 3 is 2.55 bits per heavy atom. The highest BCUT2D eigenvalue weighted by Crippen LogP contribution is 2.15. The van der Waals surface area contributed by atoms with Crippen molar-refractivity contribution < 1.29 is 14.7 Å². The summed E-state index contributed by atoms with van der Waals surface area (Å²) in [5, 5.41) is 14.3. The smallest absolute Gasteiger partial charge is 0.326 e. The summed E-state index contributed by atoms with van der Waals surface area (Å²) in [4.78, 5) is 22.9. The largest absolute Gasteiger partial charge is 0.480 e. The third-order valence-electron chi connectivity index (χ3n) is 3.16. The van der Waals surface area contributed by atoms with Gasteiger partial charge in [-0.15, -0.1) is 0 Å². The lowest BCUT2D eigenvalue weighted by molar-refractivity contribution is -0.140. The monoisotopic (exact) mass is 342 g/mol. The maximum absolute atomic E-state index is 11.8. The number of halogens is 1. The van der Waals surface area contributed by atoms with Crippen LogP contribution in [0.2, 0.25) is 0 Å². The Bertz CT molecular complexity index is 479. The molecule has 0 unspecified atom stereocenters. The molecule has 2 atom stereocenters. The van der Waals surface area contributed by atoms with Gasteiger partial charge in [-0.25, -0.2) is 9.59 Å². The standard InChI is InChI=1S/C14H19BrN2O3/c1-3-9(2)12(13(18)19)17-14(20)16-8-10-6-4-5-7-11(10)15/h4-7,9,12H,3,8H2,1-2H3,(H,18,19)(H2,16,17,20)/t9-,12-/m0/s1. The first-order chi connectivity index (χ1) is 9.45. The van der Waals surface area contributed by atoms with Crippen molar-refractivity contribution in [2.45, 2.75) is 32.9 Å². The quantitative estimate of drug-likeness (QED) is 0.743. The third kappa shape index (κ3) is 4.85. The van der Waals surface area contributed by atoms with Gasteiger partial charge < -0.3 is 15.7 Å². The van der Waals surface area contributed by atoms with Crippen LogP contribution in [-0.2, 0) is 11.3 Å². The normalized spacial score (nSPS) is 13.3. The van der Waals surface area contributed by atoms with Gasteiger partial charge in [-0.1, -0.05) is 54.4 Å². The van der Waals surface area contributed by atoms with Gasteiger partial charge in [0.2, 0.25) is 0 Å². The molecular weight excluding hydrogens is 324 g/mol. The van der Waals surface area contributed by atoms with E-state index in [1.165, 1.54) is 0 Å². The first-order valence-corrected chi connectivity index (χ1v) is 7.25. The van der Waals surface area contributed by atoms with Crippen molar-refractivity contribution in [1.29, 1.82) is 0 Å². The number of carbonyl (C=O) groups excluding carboxylic acids is 1. The van der Waals surface area contributed by atoms with E-state index >= 15 is 0 Å². The summed E-state index contributed by atoms with van der Waals surface area (Å²) >= 11 is 3.39. The summed E-state index contributed by atoms with van der Waals surface area (Å²) in [5.41, 5.74) is 0.929. The van der Waals surface area contributed by atoms with Crippen LogP contribution < -0.4 is 10.6 Å². The van der Waals surface area contributed by atoms with Crippen LogP contribution in [0.4, 0.5) is 4.79 Å². The molecule has 0 heterocycles. The van der Waals surface area contributed by atoms with Crippen molar-refractivity contribution in [3.63, 3.8) is 0 Å². The predicted molar refractivity (Wildman–Crippen MR) is 80.4 cm³/mol. The second kappa shape index (κ2) is 7.89. The third-order valence-corrected chi connectivity index (χ3v) is 3.94. The number of aliphatic carboxylic acids is 1. The summed E-state index contributed by atoms with van der Waals surface area (Å²) in [6.07, 6.45) is 0.682. The van der Waals surface area contributed by atoms with E-state index in [-0.39, 0.29) is 5.92 Å². The molecule has 0 aliphatic rings. The number of hydrogen-bond acceptors (Lipinski definition) is 2. The number of carboxylic acids is 1. The van der Waals surface area contributed by atoms with Crippen LogP contribution in [-0.4, -0.2) is 23.1 Å². The molecule has 0 spiro atoms. The van der Waals surface area contributed by atoms with E-state index in [1.807, 2.05) is 31.2 Å². The van der Waals surface area contributed by atoms with Gasteiger partial charge in [-0.3, -0.25) is 0 Å². The van der Waals surface area contributed by atoms with Crippen LogP contribution >= 0.6 is 15.9 Å². The molecule has 6 heteroatoms. The zero-order chi connectivity index (χ0) is 15.1. The van der Waals surface area contributed by atoms with E-state index in [0.717, 1.165) is 10.0 Å². The van der Waals surface area contributed by atoms with Gasteiger partial charge in [0.1, 0.15) is 6.04 Å². The van der Waals surface area contributed by atoms with E-state index in [0.29, 0.717) is 13.0 Å². The molecule has 0 aliphatic carbocycles. The number of carbonyl (C=O) groups is 2. The molecule has 0 bridgehead atoms. The second-order valence-corrected chi connectivity index (χ2v) is 5.47. The van der Waals surface area contributed by atoms with Gasteiger partial charge in [0.15, 0.2) is 0 Å².